The second-order valence-electron chi connectivity index (χ2n) is 6.52. The average Bonchev–Trinajstić information content (AvgIpc) is 3.22. The van der Waals surface area contributed by atoms with E-state index in [4.69, 9.17) is 0 Å². The topological polar surface area (TPSA) is 84.0 Å². The molecule has 0 bridgehead atoms. The Hall–Kier alpha value is -3.23. The van der Waals surface area contributed by atoms with E-state index in [1.165, 1.54) is 18.1 Å². The van der Waals surface area contributed by atoms with Gasteiger partial charge in [0.2, 0.25) is 5.91 Å². The third-order valence-electron chi connectivity index (χ3n) is 4.27. The number of thiophene rings is 1. The number of carbonyl (C=O) groups is 2. The van der Waals surface area contributed by atoms with Crippen LogP contribution in [-0.2, 0) is 4.79 Å². The lowest BCUT2D eigenvalue weighted by Gasteiger charge is -2.12. The number of nitrogens with one attached hydrogen (secondary N) is 2. The summed E-state index contributed by atoms with van der Waals surface area (Å²) < 4.78 is 0.966. The summed E-state index contributed by atoms with van der Waals surface area (Å²) >= 11 is 2.89. The number of benzene rings is 2. The highest BCUT2D eigenvalue weighted by molar-refractivity contribution is 8.00. The third kappa shape index (κ3) is 4.67. The van der Waals surface area contributed by atoms with Gasteiger partial charge < -0.3 is 10.6 Å². The van der Waals surface area contributed by atoms with E-state index in [1.54, 1.807) is 35.6 Å². The maximum Gasteiger partial charge on any atom is 0.257 e. The molecule has 0 spiro atoms. The van der Waals surface area contributed by atoms with E-state index < -0.39 is 0 Å². The third-order valence-corrected chi connectivity index (χ3v) is 6.30. The summed E-state index contributed by atoms with van der Waals surface area (Å²) in [5, 5.41) is 8.44. The van der Waals surface area contributed by atoms with Crippen molar-refractivity contribution in [2.24, 2.45) is 0 Å². The molecule has 4 aromatic rings. The molecule has 2 heterocycles. The number of rotatable bonds is 6. The van der Waals surface area contributed by atoms with Crippen LogP contribution in [0.3, 0.4) is 0 Å². The summed E-state index contributed by atoms with van der Waals surface area (Å²) in [6.45, 7) is 1.96. The van der Waals surface area contributed by atoms with Gasteiger partial charge in [-0.25, -0.2) is 9.97 Å². The van der Waals surface area contributed by atoms with Crippen LogP contribution in [0.15, 0.2) is 71.3 Å². The number of thioether (sulfide) groups is 1. The summed E-state index contributed by atoms with van der Waals surface area (Å²) in [5.74, 6) is -0.308. The molecule has 0 aliphatic heterocycles. The van der Waals surface area contributed by atoms with Crippen molar-refractivity contribution in [3.63, 3.8) is 0 Å². The van der Waals surface area contributed by atoms with Crippen molar-refractivity contribution in [2.45, 2.75) is 11.9 Å². The number of aryl methyl sites for hydroxylation is 1. The van der Waals surface area contributed by atoms with Gasteiger partial charge in [0.1, 0.15) is 11.4 Å². The summed E-state index contributed by atoms with van der Waals surface area (Å²) in [7, 11) is 0. The number of fused-ring (bicyclic) bond motifs is 1. The van der Waals surface area contributed by atoms with E-state index in [-0.39, 0.29) is 17.6 Å². The van der Waals surface area contributed by atoms with Crippen LogP contribution in [0.2, 0.25) is 0 Å². The molecule has 2 aromatic heterocycles. The molecule has 0 radical (unpaired) electrons. The normalized spacial score (nSPS) is 10.7. The monoisotopic (exact) mass is 434 g/mol. The van der Waals surface area contributed by atoms with Gasteiger partial charge >= 0.3 is 0 Å². The number of nitrogens with zero attached hydrogens (tertiary/aromatic N) is 2. The minimum Gasteiger partial charge on any atom is -0.325 e. The lowest BCUT2D eigenvalue weighted by Crippen LogP contribution is -2.19. The number of aromatic nitrogens is 2. The van der Waals surface area contributed by atoms with Crippen LogP contribution < -0.4 is 10.6 Å². The summed E-state index contributed by atoms with van der Waals surface area (Å²) in [4.78, 5) is 33.8. The van der Waals surface area contributed by atoms with Crippen molar-refractivity contribution in [1.82, 2.24) is 9.97 Å². The fourth-order valence-corrected chi connectivity index (χ4v) is 4.65. The van der Waals surface area contributed by atoms with Gasteiger partial charge in [-0.2, -0.15) is 0 Å². The molecule has 8 heteroatoms. The highest BCUT2D eigenvalue weighted by Gasteiger charge is 2.14. The Morgan fingerprint density at radius 1 is 1.03 bits per heavy atom. The fourth-order valence-electron chi connectivity index (χ4n) is 2.90. The first-order chi connectivity index (χ1) is 14.6. The Bertz CT molecular complexity index is 1220. The molecule has 0 aliphatic rings. The van der Waals surface area contributed by atoms with Crippen molar-refractivity contribution in [1.29, 1.82) is 0 Å². The van der Waals surface area contributed by atoms with Gasteiger partial charge in [0.15, 0.2) is 0 Å². The number of hydrogen-bond acceptors (Lipinski definition) is 6. The van der Waals surface area contributed by atoms with Crippen LogP contribution in [0, 0.1) is 6.92 Å². The summed E-state index contributed by atoms with van der Waals surface area (Å²) in [5.41, 5.74) is 3.50. The van der Waals surface area contributed by atoms with Crippen molar-refractivity contribution >= 4 is 56.5 Å². The Morgan fingerprint density at radius 3 is 2.77 bits per heavy atom. The second-order valence-corrected chi connectivity index (χ2v) is 8.40. The van der Waals surface area contributed by atoms with E-state index in [0.717, 1.165) is 20.8 Å². The van der Waals surface area contributed by atoms with Crippen LogP contribution in [0.1, 0.15) is 15.9 Å². The number of hydrogen-bond donors (Lipinski definition) is 2. The standard InChI is InChI=1S/C22H18N4O2S2/c1-14-5-4-6-15(11-14)25-21(28)16-7-2-3-8-17(16)26-19(27)12-30-22-20-18(9-10-29-20)23-13-24-22/h2-11,13H,12H2,1H3,(H,25,28)(H,26,27). The fraction of sp³-hybridized carbons (Fsp3) is 0.0909. The molecule has 30 heavy (non-hydrogen) atoms. The molecule has 4 rings (SSSR count). The molecular weight excluding hydrogens is 416 g/mol. The van der Waals surface area contributed by atoms with Gasteiger partial charge in [0.25, 0.3) is 5.91 Å². The number of carbonyl (C=O) groups excluding carboxylic acids is 2. The Balaban J connectivity index is 1.44. The molecule has 0 saturated heterocycles. The molecule has 2 N–H and O–H groups in total. The van der Waals surface area contributed by atoms with Gasteiger partial charge in [-0.15, -0.1) is 11.3 Å². The van der Waals surface area contributed by atoms with Crippen LogP contribution in [0.4, 0.5) is 11.4 Å². The zero-order valence-electron chi connectivity index (χ0n) is 16.1. The van der Waals surface area contributed by atoms with Crippen molar-refractivity contribution in [2.75, 3.05) is 16.4 Å². The number of para-hydroxylation sites is 1. The van der Waals surface area contributed by atoms with Crippen molar-refractivity contribution in [3.8, 4) is 0 Å². The largest absolute Gasteiger partial charge is 0.325 e. The quantitative estimate of drug-likeness (QED) is 0.330. The molecule has 150 valence electrons. The van der Waals surface area contributed by atoms with E-state index in [0.29, 0.717) is 16.9 Å². The molecule has 2 amide bonds. The van der Waals surface area contributed by atoms with Crippen LogP contribution >= 0.6 is 23.1 Å². The molecule has 0 atom stereocenters. The molecule has 0 aliphatic carbocycles. The van der Waals surface area contributed by atoms with Crippen LogP contribution in [0.5, 0.6) is 0 Å². The number of amides is 2. The van der Waals surface area contributed by atoms with E-state index in [1.807, 2.05) is 42.6 Å². The lowest BCUT2D eigenvalue weighted by atomic mass is 10.1. The van der Waals surface area contributed by atoms with Crippen molar-refractivity contribution < 1.29 is 9.59 Å². The first kappa shape index (κ1) is 20.1. The maximum atomic E-state index is 12.7. The van der Waals surface area contributed by atoms with Gasteiger partial charge in [0.05, 0.1) is 27.2 Å². The Kier molecular flexibility index (Phi) is 6.06. The SMILES string of the molecule is Cc1cccc(NC(=O)c2ccccc2NC(=O)CSc2ncnc3ccsc23)c1. The van der Waals surface area contributed by atoms with Gasteiger partial charge in [-0.05, 0) is 48.2 Å². The average molecular weight is 435 g/mol. The summed E-state index contributed by atoms with van der Waals surface area (Å²) in [6.07, 6.45) is 1.50. The minimum absolute atomic E-state index is 0.178. The zero-order chi connectivity index (χ0) is 20.9. The van der Waals surface area contributed by atoms with E-state index in [9.17, 15) is 9.59 Å². The molecule has 0 unspecified atom stereocenters. The highest BCUT2D eigenvalue weighted by atomic mass is 32.2. The molecule has 2 aromatic carbocycles. The summed E-state index contributed by atoms with van der Waals surface area (Å²) in [6, 6.07) is 16.4. The first-order valence-electron chi connectivity index (χ1n) is 9.18. The predicted molar refractivity (Wildman–Crippen MR) is 122 cm³/mol. The second kappa shape index (κ2) is 9.06. The van der Waals surface area contributed by atoms with Crippen LogP contribution in [0.25, 0.3) is 10.2 Å². The Morgan fingerprint density at radius 2 is 1.90 bits per heavy atom. The lowest BCUT2D eigenvalue weighted by molar-refractivity contribution is -0.113. The first-order valence-corrected chi connectivity index (χ1v) is 11.0. The van der Waals surface area contributed by atoms with Crippen LogP contribution in [-0.4, -0.2) is 27.5 Å². The molecule has 0 saturated carbocycles. The molecule has 6 nitrogen and oxygen atoms in total. The minimum atomic E-state index is -0.278. The number of anilines is 2. The maximum absolute atomic E-state index is 12.7. The molecular formula is C22H18N4O2S2. The smallest absolute Gasteiger partial charge is 0.257 e. The van der Waals surface area contributed by atoms with Gasteiger partial charge in [-0.1, -0.05) is 36.0 Å². The van der Waals surface area contributed by atoms with E-state index in [2.05, 4.69) is 20.6 Å². The predicted octanol–water partition coefficient (Wildman–Crippen LogP) is 4.98. The van der Waals surface area contributed by atoms with Gasteiger partial charge in [-0.3, -0.25) is 9.59 Å². The zero-order valence-corrected chi connectivity index (χ0v) is 17.7. The highest BCUT2D eigenvalue weighted by Crippen LogP contribution is 2.28. The van der Waals surface area contributed by atoms with E-state index >= 15 is 0 Å². The Labute approximate surface area is 181 Å². The molecule has 0 fully saturated rings. The van der Waals surface area contributed by atoms with Gasteiger partial charge in [0, 0.05) is 5.69 Å². The van der Waals surface area contributed by atoms with Crippen molar-refractivity contribution in [3.05, 3.63) is 77.4 Å².